The molecule has 4 aromatic rings. The zero-order chi connectivity index (χ0) is 21.6. The third-order valence-corrected chi connectivity index (χ3v) is 4.67. The van der Waals surface area contributed by atoms with Gasteiger partial charge in [0.1, 0.15) is 11.4 Å². The van der Waals surface area contributed by atoms with E-state index < -0.39 is 11.8 Å². The minimum Gasteiger partial charge on any atom is -0.497 e. The standard InChI is InChI=1S/C25H20N2O4/c1-30-21-12-8-17(9-13-21)15-22(27-25(29)23-7-4-14-31-23)24(28)26-20-11-10-18-5-2-3-6-19(18)16-20/h2-16H,1H3,(H,26,28)(H,27,29). The molecule has 154 valence electrons. The largest absolute Gasteiger partial charge is 0.497 e. The number of anilines is 1. The van der Waals surface area contributed by atoms with Crippen LogP contribution in [-0.2, 0) is 4.79 Å². The molecule has 1 heterocycles. The highest BCUT2D eigenvalue weighted by Gasteiger charge is 2.17. The Morgan fingerprint density at radius 3 is 2.39 bits per heavy atom. The summed E-state index contributed by atoms with van der Waals surface area (Å²) in [6, 6.07) is 23.8. The van der Waals surface area contributed by atoms with Gasteiger partial charge in [-0.2, -0.15) is 0 Å². The van der Waals surface area contributed by atoms with E-state index in [1.165, 1.54) is 12.3 Å². The van der Waals surface area contributed by atoms with Gasteiger partial charge in [0.25, 0.3) is 11.8 Å². The molecule has 0 fully saturated rings. The van der Waals surface area contributed by atoms with Gasteiger partial charge in [-0.05, 0) is 58.8 Å². The summed E-state index contributed by atoms with van der Waals surface area (Å²) >= 11 is 0. The monoisotopic (exact) mass is 412 g/mol. The van der Waals surface area contributed by atoms with Crippen LogP contribution in [0.5, 0.6) is 5.75 Å². The van der Waals surface area contributed by atoms with Gasteiger partial charge in [0.05, 0.1) is 13.4 Å². The molecule has 6 nitrogen and oxygen atoms in total. The Morgan fingerprint density at radius 2 is 1.68 bits per heavy atom. The Kier molecular flexibility index (Phi) is 5.80. The zero-order valence-corrected chi connectivity index (χ0v) is 16.8. The molecule has 0 bridgehead atoms. The Balaban J connectivity index is 1.61. The summed E-state index contributed by atoms with van der Waals surface area (Å²) in [5.74, 6) is -0.164. The van der Waals surface area contributed by atoms with Gasteiger partial charge in [-0.3, -0.25) is 9.59 Å². The molecule has 2 N–H and O–H groups in total. The fourth-order valence-corrected chi connectivity index (χ4v) is 3.08. The summed E-state index contributed by atoms with van der Waals surface area (Å²) in [7, 11) is 1.58. The predicted octanol–water partition coefficient (Wildman–Crippen LogP) is 4.85. The number of hydrogen-bond donors (Lipinski definition) is 2. The summed E-state index contributed by atoms with van der Waals surface area (Å²) in [4.78, 5) is 25.5. The Morgan fingerprint density at radius 1 is 0.903 bits per heavy atom. The lowest BCUT2D eigenvalue weighted by atomic mass is 10.1. The van der Waals surface area contributed by atoms with E-state index >= 15 is 0 Å². The lowest BCUT2D eigenvalue weighted by Crippen LogP contribution is -2.30. The third kappa shape index (κ3) is 4.82. The van der Waals surface area contributed by atoms with Crippen molar-refractivity contribution >= 4 is 34.4 Å². The van der Waals surface area contributed by atoms with E-state index in [-0.39, 0.29) is 11.5 Å². The van der Waals surface area contributed by atoms with Crippen LogP contribution in [0, 0.1) is 0 Å². The van der Waals surface area contributed by atoms with Crippen LogP contribution >= 0.6 is 0 Å². The minimum absolute atomic E-state index is 0.0831. The number of ether oxygens (including phenoxy) is 1. The van der Waals surface area contributed by atoms with Crippen molar-refractivity contribution in [1.29, 1.82) is 0 Å². The van der Waals surface area contributed by atoms with Gasteiger partial charge in [-0.25, -0.2) is 0 Å². The van der Waals surface area contributed by atoms with Gasteiger partial charge in [0, 0.05) is 5.69 Å². The molecule has 0 spiro atoms. The average molecular weight is 412 g/mol. The van der Waals surface area contributed by atoms with Crippen LogP contribution in [0.2, 0.25) is 0 Å². The topological polar surface area (TPSA) is 80.6 Å². The van der Waals surface area contributed by atoms with Crippen molar-refractivity contribution in [2.75, 3.05) is 12.4 Å². The van der Waals surface area contributed by atoms with Crippen molar-refractivity contribution in [1.82, 2.24) is 5.32 Å². The number of amides is 2. The molecular formula is C25H20N2O4. The normalized spacial score (nSPS) is 11.2. The highest BCUT2D eigenvalue weighted by molar-refractivity contribution is 6.10. The molecule has 0 aliphatic carbocycles. The molecule has 0 aliphatic rings. The number of benzene rings is 3. The molecule has 2 amide bonds. The van der Waals surface area contributed by atoms with Gasteiger partial charge in [0.15, 0.2) is 5.76 Å². The quantitative estimate of drug-likeness (QED) is 0.444. The summed E-state index contributed by atoms with van der Waals surface area (Å²) < 4.78 is 10.3. The summed E-state index contributed by atoms with van der Waals surface area (Å²) in [6.07, 6.45) is 2.99. The second-order valence-electron chi connectivity index (χ2n) is 6.78. The molecular weight excluding hydrogens is 392 g/mol. The number of furan rings is 1. The molecule has 0 aliphatic heterocycles. The molecule has 0 saturated carbocycles. The van der Waals surface area contributed by atoms with Crippen molar-refractivity contribution in [3.63, 3.8) is 0 Å². The van der Waals surface area contributed by atoms with Crippen molar-refractivity contribution < 1.29 is 18.7 Å². The second kappa shape index (κ2) is 9.00. The fourth-order valence-electron chi connectivity index (χ4n) is 3.08. The zero-order valence-electron chi connectivity index (χ0n) is 16.8. The van der Waals surface area contributed by atoms with Gasteiger partial charge in [-0.15, -0.1) is 0 Å². The van der Waals surface area contributed by atoms with E-state index in [0.717, 1.165) is 16.3 Å². The van der Waals surface area contributed by atoms with Crippen LogP contribution in [0.15, 0.2) is 95.2 Å². The lowest BCUT2D eigenvalue weighted by Gasteiger charge is -2.11. The molecule has 6 heteroatoms. The first-order chi connectivity index (χ1) is 15.1. The van der Waals surface area contributed by atoms with Crippen molar-refractivity contribution in [3.8, 4) is 5.75 Å². The number of carbonyl (C=O) groups is 2. The van der Waals surface area contributed by atoms with Crippen LogP contribution in [0.25, 0.3) is 16.8 Å². The van der Waals surface area contributed by atoms with Gasteiger partial charge >= 0.3 is 0 Å². The van der Waals surface area contributed by atoms with Crippen LogP contribution in [0.1, 0.15) is 16.1 Å². The number of methoxy groups -OCH3 is 1. The number of fused-ring (bicyclic) bond motifs is 1. The SMILES string of the molecule is COc1ccc(C=C(NC(=O)c2ccco2)C(=O)Nc2ccc3ccccc3c2)cc1. The van der Waals surface area contributed by atoms with E-state index in [1.54, 1.807) is 43.5 Å². The van der Waals surface area contributed by atoms with Gasteiger partial charge in [-0.1, -0.05) is 42.5 Å². The summed E-state index contributed by atoms with van der Waals surface area (Å²) in [5, 5.41) is 7.56. The van der Waals surface area contributed by atoms with Crippen molar-refractivity contribution in [3.05, 3.63) is 102 Å². The van der Waals surface area contributed by atoms with Crippen molar-refractivity contribution in [2.45, 2.75) is 0 Å². The average Bonchev–Trinajstić information content (AvgIpc) is 3.34. The summed E-state index contributed by atoms with van der Waals surface area (Å²) in [6.45, 7) is 0. The number of hydrogen-bond acceptors (Lipinski definition) is 4. The predicted molar refractivity (Wildman–Crippen MR) is 120 cm³/mol. The molecule has 3 aromatic carbocycles. The first-order valence-electron chi connectivity index (χ1n) is 9.63. The van der Waals surface area contributed by atoms with Crippen LogP contribution in [0.4, 0.5) is 5.69 Å². The number of carbonyl (C=O) groups excluding carboxylic acids is 2. The van der Waals surface area contributed by atoms with Crippen LogP contribution < -0.4 is 15.4 Å². The highest BCUT2D eigenvalue weighted by atomic mass is 16.5. The molecule has 0 atom stereocenters. The number of rotatable bonds is 6. The van der Waals surface area contributed by atoms with Crippen LogP contribution in [-0.4, -0.2) is 18.9 Å². The minimum atomic E-state index is -0.515. The first-order valence-corrected chi connectivity index (χ1v) is 9.63. The molecule has 0 saturated heterocycles. The molecule has 0 unspecified atom stereocenters. The maximum Gasteiger partial charge on any atom is 0.291 e. The molecule has 1 aromatic heterocycles. The van der Waals surface area contributed by atoms with Crippen molar-refractivity contribution in [2.24, 2.45) is 0 Å². The Hall–Kier alpha value is -4.32. The molecule has 4 rings (SSSR count). The molecule has 0 radical (unpaired) electrons. The second-order valence-corrected chi connectivity index (χ2v) is 6.78. The Bertz CT molecular complexity index is 1240. The third-order valence-electron chi connectivity index (χ3n) is 4.67. The van der Waals surface area contributed by atoms with E-state index in [0.29, 0.717) is 11.4 Å². The smallest absolute Gasteiger partial charge is 0.291 e. The van der Waals surface area contributed by atoms with Crippen LogP contribution in [0.3, 0.4) is 0 Å². The maximum absolute atomic E-state index is 13.0. The van der Waals surface area contributed by atoms with E-state index in [9.17, 15) is 9.59 Å². The number of nitrogens with one attached hydrogen (secondary N) is 2. The van der Waals surface area contributed by atoms with E-state index in [4.69, 9.17) is 9.15 Å². The van der Waals surface area contributed by atoms with E-state index in [2.05, 4.69) is 10.6 Å². The summed E-state index contributed by atoms with van der Waals surface area (Å²) in [5.41, 5.74) is 1.43. The lowest BCUT2D eigenvalue weighted by molar-refractivity contribution is -0.113. The fraction of sp³-hybridized carbons (Fsp3) is 0.0400. The Labute approximate surface area is 179 Å². The van der Waals surface area contributed by atoms with E-state index in [1.807, 2.05) is 42.5 Å². The maximum atomic E-state index is 13.0. The van der Waals surface area contributed by atoms with Gasteiger partial charge < -0.3 is 19.8 Å². The first kappa shape index (κ1) is 20.0. The molecule has 31 heavy (non-hydrogen) atoms. The highest BCUT2D eigenvalue weighted by Crippen LogP contribution is 2.20. The van der Waals surface area contributed by atoms with Gasteiger partial charge in [0.2, 0.25) is 0 Å².